The molecule has 0 bridgehead atoms. The first-order valence-corrected chi connectivity index (χ1v) is 8.80. The van der Waals surface area contributed by atoms with Crippen molar-refractivity contribution in [1.29, 1.82) is 0 Å². The average molecular weight is 343 g/mol. The van der Waals surface area contributed by atoms with Gasteiger partial charge in [0.1, 0.15) is 6.61 Å². The van der Waals surface area contributed by atoms with Gasteiger partial charge in [-0.05, 0) is 44.1 Å². The SMILES string of the molecule is CC/C(C)=C(/C=C\N=C(C)N)COc1cccnc1N1CCNCC1. The molecule has 6 nitrogen and oxygen atoms in total. The first-order chi connectivity index (χ1) is 12.1. The van der Waals surface area contributed by atoms with Crippen LogP contribution in [0.25, 0.3) is 0 Å². The Balaban J connectivity index is 2.12. The molecule has 0 unspecified atom stereocenters. The van der Waals surface area contributed by atoms with Crippen molar-refractivity contribution in [2.75, 3.05) is 37.7 Å². The summed E-state index contributed by atoms with van der Waals surface area (Å²) in [5, 5.41) is 3.36. The van der Waals surface area contributed by atoms with Gasteiger partial charge in [-0.2, -0.15) is 0 Å². The topological polar surface area (TPSA) is 75.8 Å². The quantitative estimate of drug-likeness (QED) is 0.452. The van der Waals surface area contributed by atoms with Crippen LogP contribution in [0.15, 0.2) is 46.7 Å². The van der Waals surface area contributed by atoms with Gasteiger partial charge in [0.2, 0.25) is 0 Å². The standard InChI is InChI=1S/C19H29N5O/c1-4-15(2)17(7-9-22-16(3)20)14-25-18-6-5-8-23-19(18)24-12-10-21-11-13-24/h5-9,21H,4,10-14H2,1-3H3,(H2,20,22)/b9-7-,17-15-. The van der Waals surface area contributed by atoms with Crippen LogP contribution in [0.3, 0.4) is 0 Å². The normalized spacial score (nSPS) is 16.9. The molecule has 1 saturated heterocycles. The second kappa shape index (κ2) is 9.84. The molecule has 136 valence electrons. The number of hydrogen-bond donors (Lipinski definition) is 2. The Morgan fingerprint density at radius 1 is 1.40 bits per heavy atom. The number of piperazine rings is 1. The largest absolute Gasteiger partial charge is 0.485 e. The van der Waals surface area contributed by atoms with Crippen LogP contribution in [0.2, 0.25) is 0 Å². The van der Waals surface area contributed by atoms with Gasteiger partial charge in [-0.15, -0.1) is 0 Å². The van der Waals surface area contributed by atoms with Gasteiger partial charge in [-0.25, -0.2) is 9.98 Å². The predicted octanol–water partition coefficient (Wildman–Crippen LogP) is 2.49. The second-order valence-corrected chi connectivity index (χ2v) is 6.10. The fraction of sp³-hybridized carbons (Fsp3) is 0.474. The summed E-state index contributed by atoms with van der Waals surface area (Å²) in [6, 6.07) is 3.89. The van der Waals surface area contributed by atoms with E-state index in [1.54, 1.807) is 13.1 Å². The minimum Gasteiger partial charge on any atom is -0.485 e. The van der Waals surface area contributed by atoms with Crippen LogP contribution in [0.1, 0.15) is 27.2 Å². The van der Waals surface area contributed by atoms with E-state index in [0.717, 1.165) is 49.7 Å². The third-order valence-corrected chi connectivity index (χ3v) is 4.18. The molecule has 0 aromatic carbocycles. The first kappa shape index (κ1) is 19.0. The van der Waals surface area contributed by atoms with Crippen molar-refractivity contribution in [3.05, 3.63) is 41.8 Å². The summed E-state index contributed by atoms with van der Waals surface area (Å²) >= 11 is 0. The lowest BCUT2D eigenvalue weighted by atomic mass is 10.1. The molecular formula is C19H29N5O. The Hall–Kier alpha value is -2.34. The number of pyridine rings is 1. The predicted molar refractivity (Wildman–Crippen MR) is 104 cm³/mol. The number of aromatic nitrogens is 1. The summed E-state index contributed by atoms with van der Waals surface area (Å²) in [6.07, 6.45) is 6.48. The molecule has 0 saturated carbocycles. The molecule has 2 rings (SSSR count). The van der Waals surface area contributed by atoms with Crippen LogP contribution < -0.4 is 20.7 Å². The summed E-state index contributed by atoms with van der Waals surface area (Å²) in [5.74, 6) is 2.27. The molecule has 25 heavy (non-hydrogen) atoms. The van der Waals surface area contributed by atoms with E-state index < -0.39 is 0 Å². The van der Waals surface area contributed by atoms with Crippen LogP contribution in [0.5, 0.6) is 5.75 Å². The Bertz CT molecular complexity index is 641. The first-order valence-electron chi connectivity index (χ1n) is 8.80. The lowest BCUT2D eigenvalue weighted by molar-refractivity contribution is 0.352. The number of ether oxygens (including phenoxy) is 1. The molecular weight excluding hydrogens is 314 g/mol. The Morgan fingerprint density at radius 3 is 2.84 bits per heavy atom. The molecule has 1 aromatic heterocycles. The number of nitrogens with zero attached hydrogens (tertiary/aromatic N) is 3. The van der Waals surface area contributed by atoms with Crippen molar-refractivity contribution < 1.29 is 4.74 Å². The van der Waals surface area contributed by atoms with E-state index in [1.165, 1.54) is 5.57 Å². The molecule has 6 heteroatoms. The zero-order valence-corrected chi connectivity index (χ0v) is 15.5. The third-order valence-electron chi connectivity index (χ3n) is 4.18. The van der Waals surface area contributed by atoms with Crippen molar-refractivity contribution in [1.82, 2.24) is 10.3 Å². The molecule has 3 N–H and O–H groups in total. The lowest BCUT2D eigenvalue weighted by Gasteiger charge is -2.29. The van der Waals surface area contributed by atoms with Gasteiger partial charge in [-0.1, -0.05) is 12.5 Å². The Labute approximate surface area is 150 Å². The summed E-state index contributed by atoms with van der Waals surface area (Å²) in [7, 11) is 0. The number of hydrogen-bond acceptors (Lipinski definition) is 5. The van der Waals surface area contributed by atoms with Gasteiger partial charge < -0.3 is 20.7 Å². The molecule has 0 amide bonds. The van der Waals surface area contributed by atoms with Gasteiger partial charge in [0, 0.05) is 38.6 Å². The molecule has 1 aliphatic heterocycles. The van der Waals surface area contributed by atoms with Crippen molar-refractivity contribution in [3.63, 3.8) is 0 Å². The maximum Gasteiger partial charge on any atom is 0.171 e. The second-order valence-electron chi connectivity index (χ2n) is 6.10. The van der Waals surface area contributed by atoms with Crippen molar-refractivity contribution in [2.45, 2.75) is 27.2 Å². The minimum atomic E-state index is 0.486. The number of nitrogens with two attached hydrogens (primary N) is 1. The summed E-state index contributed by atoms with van der Waals surface area (Å²) in [5.41, 5.74) is 7.97. The highest BCUT2D eigenvalue weighted by Gasteiger charge is 2.16. The van der Waals surface area contributed by atoms with Crippen LogP contribution in [0, 0.1) is 0 Å². The lowest BCUT2D eigenvalue weighted by Crippen LogP contribution is -2.44. The molecule has 0 atom stereocenters. The zero-order valence-electron chi connectivity index (χ0n) is 15.5. The van der Waals surface area contributed by atoms with Crippen LogP contribution in [0.4, 0.5) is 5.82 Å². The Kier molecular flexibility index (Phi) is 7.47. The van der Waals surface area contributed by atoms with E-state index in [1.807, 2.05) is 24.4 Å². The number of amidine groups is 1. The number of rotatable bonds is 7. The van der Waals surface area contributed by atoms with E-state index in [0.29, 0.717) is 12.4 Å². The van der Waals surface area contributed by atoms with E-state index in [-0.39, 0.29) is 0 Å². The fourth-order valence-corrected chi connectivity index (χ4v) is 2.55. The highest BCUT2D eigenvalue weighted by Crippen LogP contribution is 2.26. The Morgan fingerprint density at radius 2 is 2.16 bits per heavy atom. The number of allylic oxidation sites excluding steroid dienone is 1. The summed E-state index contributed by atoms with van der Waals surface area (Å²) in [6.45, 7) is 10.3. The van der Waals surface area contributed by atoms with Gasteiger partial charge in [0.25, 0.3) is 0 Å². The zero-order chi connectivity index (χ0) is 18.1. The molecule has 0 aliphatic carbocycles. The van der Waals surface area contributed by atoms with E-state index >= 15 is 0 Å². The molecule has 2 heterocycles. The number of anilines is 1. The summed E-state index contributed by atoms with van der Waals surface area (Å²) in [4.78, 5) is 10.9. The van der Waals surface area contributed by atoms with Gasteiger partial charge in [0.15, 0.2) is 11.6 Å². The van der Waals surface area contributed by atoms with Crippen LogP contribution >= 0.6 is 0 Å². The molecule has 0 spiro atoms. The molecule has 1 aliphatic rings. The van der Waals surface area contributed by atoms with Crippen molar-refractivity contribution >= 4 is 11.7 Å². The maximum absolute atomic E-state index is 6.12. The highest BCUT2D eigenvalue weighted by molar-refractivity contribution is 5.78. The average Bonchev–Trinajstić information content (AvgIpc) is 2.64. The van der Waals surface area contributed by atoms with Gasteiger partial charge in [-0.3, -0.25) is 0 Å². The number of aliphatic imine (C=N–C) groups is 1. The smallest absolute Gasteiger partial charge is 0.171 e. The third kappa shape index (κ3) is 5.90. The monoisotopic (exact) mass is 343 g/mol. The van der Waals surface area contributed by atoms with Crippen molar-refractivity contribution in [3.8, 4) is 5.75 Å². The van der Waals surface area contributed by atoms with Crippen LogP contribution in [-0.4, -0.2) is 43.6 Å². The molecule has 1 fully saturated rings. The van der Waals surface area contributed by atoms with E-state index in [9.17, 15) is 0 Å². The minimum absolute atomic E-state index is 0.486. The summed E-state index contributed by atoms with van der Waals surface area (Å²) < 4.78 is 6.12. The van der Waals surface area contributed by atoms with Crippen molar-refractivity contribution in [2.24, 2.45) is 10.7 Å². The number of nitrogens with one attached hydrogen (secondary N) is 1. The van der Waals surface area contributed by atoms with E-state index in [4.69, 9.17) is 10.5 Å². The fourth-order valence-electron chi connectivity index (χ4n) is 2.55. The van der Waals surface area contributed by atoms with Crippen LogP contribution in [-0.2, 0) is 0 Å². The highest BCUT2D eigenvalue weighted by atomic mass is 16.5. The maximum atomic E-state index is 6.12. The molecule has 1 aromatic rings. The molecule has 0 radical (unpaired) electrons. The van der Waals surface area contributed by atoms with E-state index in [2.05, 4.69) is 34.0 Å². The van der Waals surface area contributed by atoms with Gasteiger partial charge >= 0.3 is 0 Å². The van der Waals surface area contributed by atoms with Gasteiger partial charge in [0.05, 0.1) is 5.84 Å².